The van der Waals surface area contributed by atoms with Crippen molar-refractivity contribution < 1.29 is 22.8 Å². The zero-order valence-corrected chi connectivity index (χ0v) is 20.6. The van der Waals surface area contributed by atoms with Crippen LogP contribution in [0.15, 0.2) is 29.2 Å². The summed E-state index contributed by atoms with van der Waals surface area (Å²) in [5.41, 5.74) is 3.33. The maximum absolute atomic E-state index is 13.4. The van der Waals surface area contributed by atoms with E-state index in [-0.39, 0.29) is 34.6 Å². The summed E-state index contributed by atoms with van der Waals surface area (Å²) in [4.78, 5) is 25.5. The lowest BCUT2D eigenvalue weighted by atomic mass is 9.57. The molecule has 2 fully saturated rings. The molecule has 33 heavy (non-hydrogen) atoms. The first kappa shape index (κ1) is 25.9. The first-order valence-corrected chi connectivity index (χ1v) is 12.1. The number of fused-ring (bicyclic) bond motifs is 2. The van der Waals surface area contributed by atoms with Gasteiger partial charge in [-0.15, -0.1) is 0 Å². The number of halogens is 3. The Kier molecular flexibility index (Phi) is 7.16. The van der Waals surface area contributed by atoms with Gasteiger partial charge in [0.15, 0.2) is 0 Å². The highest BCUT2D eigenvalue weighted by molar-refractivity contribution is 7.97. The highest BCUT2D eigenvalue weighted by Gasteiger charge is 2.49. The molecule has 1 aromatic carbocycles. The number of nitrogens with two attached hydrogens (primary N) is 1. The minimum atomic E-state index is -4.47. The fraction of sp³-hybridized carbons (Fsp3) is 0.667. The third-order valence-electron chi connectivity index (χ3n) is 7.58. The average Bonchev–Trinajstić information content (AvgIpc) is 2.69. The Morgan fingerprint density at radius 3 is 2.42 bits per heavy atom. The zero-order chi connectivity index (χ0) is 24.8. The topological polar surface area (TPSA) is 75.4 Å². The van der Waals surface area contributed by atoms with Crippen molar-refractivity contribution >= 4 is 23.8 Å². The second kappa shape index (κ2) is 9.13. The predicted octanol–water partition coefficient (Wildman–Crippen LogP) is 4.86. The first-order chi connectivity index (χ1) is 15.1. The summed E-state index contributed by atoms with van der Waals surface area (Å²) < 4.78 is 41.8. The van der Waals surface area contributed by atoms with Crippen molar-refractivity contribution in [1.29, 1.82) is 0 Å². The summed E-state index contributed by atoms with van der Waals surface area (Å²) in [7, 11) is 1.63. The molecule has 2 bridgehead atoms. The second-order valence-electron chi connectivity index (χ2n) is 10.5. The standard InChI is InChI=1S/C24H34F3N3O2S/c1-14-10-15-11-16(13-23(4,12-15)20(28)31)19(14)29-21(32)22(2,3)30(5)33-18-9-7-6-8-17(18)24(25,26)27/h6-9,14-16,19H,10-13H2,1-5H3,(H2,28,31)(H,29,32). The van der Waals surface area contributed by atoms with Crippen molar-refractivity contribution in [1.82, 2.24) is 9.62 Å². The number of hydrogen-bond donors (Lipinski definition) is 2. The van der Waals surface area contributed by atoms with Crippen molar-refractivity contribution in [3.8, 4) is 0 Å². The molecule has 0 aromatic heterocycles. The average molecular weight is 486 g/mol. The lowest BCUT2D eigenvalue weighted by Crippen LogP contribution is -2.59. The summed E-state index contributed by atoms with van der Waals surface area (Å²) >= 11 is 0.908. The molecule has 2 aliphatic rings. The molecular weight excluding hydrogens is 451 g/mol. The Balaban J connectivity index is 1.74. The molecule has 0 heterocycles. The van der Waals surface area contributed by atoms with Crippen LogP contribution in [0.1, 0.15) is 58.9 Å². The molecule has 0 radical (unpaired) electrons. The van der Waals surface area contributed by atoms with Crippen LogP contribution in [0.5, 0.6) is 0 Å². The van der Waals surface area contributed by atoms with E-state index in [4.69, 9.17) is 5.73 Å². The number of carbonyl (C=O) groups is 2. The number of alkyl halides is 3. The maximum Gasteiger partial charge on any atom is 0.417 e. The van der Waals surface area contributed by atoms with E-state index < -0.39 is 22.7 Å². The summed E-state index contributed by atoms with van der Waals surface area (Å²) in [5, 5.41) is 3.18. The molecule has 9 heteroatoms. The van der Waals surface area contributed by atoms with Crippen molar-refractivity contribution in [3.63, 3.8) is 0 Å². The molecular formula is C24H34F3N3O2S. The van der Waals surface area contributed by atoms with E-state index >= 15 is 0 Å². The first-order valence-electron chi connectivity index (χ1n) is 11.3. The van der Waals surface area contributed by atoms with E-state index in [1.165, 1.54) is 12.1 Å². The van der Waals surface area contributed by atoms with Gasteiger partial charge in [0.05, 0.1) is 5.56 Å². The van der Waals surface area contributed by atoms with Gasteiger partial charge in [0.25, 0.3) is 0 Å². The van der Waals surface area contributed by atoms with Crippen LogP contribution in [0, 0.1) is 23.2 Å². The van der Waals surface area contributed by atoms with Gasteiger partial charge in [-0.2, -0.15) is 13.2 Å². The normalized spacial score (nSPS) is 30.2. The van der Waals surface area contributed by atoms with Crippen LogP contribution >= 0.6 is 11.9 Å². The van der Waals surface area contributed by atoms with E-state index in [9.17, 15) is 22.8 Å². The monoisotopic (exact) mass is 485 g/mol. The highest BCUT2D eigenvalue weighted by Crippen LogP contribution is 2.50. The van der Waals surface area contributed by atoms with Crippen molar-refractivity contribution in [2.75, 3.05) is 7.05 Å². The van der Waals surface area contributed by atoms with Crippen LogP contribution in [-0.2, 0) is 15.8 Å². The van der Waals surface area contributed by atoms with Gasteiger partial charge in [0.2, 0.25) is 11.8 Å². The van der Waals surface area contributed by atoms with Crippen LogP contribution < -0.4 is 11.1 Å². The van der Waals surface area contributed by atoms with Crippen molar-refractivity contribution in [2.45, 2.75) is 76.0 Å². The Morgan fingerprint density at radius 2 is 1.82 bits per heavy atom. The lowest BCUT2D eigenvalue weighted by molar-refractivity contribution is -0.139. The molecule has 5 unspecified atom stereocenters. The number of nitrogens with zero attached hydrogens (tertiary/aromatic N) is 1. The Labute approximate surface area is 198 Å². The lowest BCUT2D eigenvalue weighted by Gasteiger charge is -2.50. The van der Waals surface area contributed by atoms with Gasteiger partial charge in [0, 0.05) is 16.4 Å². The number of primary amides is 1. The fourth-order valence-corrected chi connectivity index (χ4v) is 6.49. The number of hydrogen-bond acceptors (Lipinski definition) is 4. The molecule has 5 atom stereocenters. The number of benzene rings is 1. The Bertz CT molecular complexity index is 905. The van der Waals surface area contributed by atoms with E-state index in [2.05, 4.69) is 12.2 Å². The molecule has 1 aromatic rings. The molecule has 2 aliphatic carbocycles. The quantitative estimate of drug-likeness (QED) is 0.565. The van der Waals surface area contributed by atoms with E-state index in [0.717, 1.165) is 37.3 Å². The second-order valence-corrected chi connectivity index (χ2v) is 11.7. The van der Waals surface area contributed by atoms with Gasteiger partial charge in [-0.1, -0.05) is 26.0 Å². The summed E-state index contributed by atoms with van der Waals surface area (Å²) in [6.45, 7) is 7.43. The Hall–Kier alpha value is -1.74. The number of carbonyl (C=O) groups excluding carboxylic acids is 2. The number of nitrogens with one attached hydrogen (secondary N) is 1. The van der Waals surface area contributed by atoms with E-state index in [1.807, 2.05) is 6.92 Å². The molecule has 2 amide bonds. The largest absolute Gasteiger partial charge is 0.417 e. The van der Waals surface area contributed by atoms with Gasteiger partial charge in [-0.25, -0.2) is 4.31 Å². The Morgan fingerprint density at radius 1 is 1.18 bits per heavy atom. The van der Waals surface area contributed by atoms with Crippen LogP contribution in [0.2, 0.25) is 0 Å². The number of amides is 2. The van der Waals surface area contributed by atoms with Gasteiger partial charge >= 0.3 is 6.18 Å². The van der Waals surface area contributed by atoms with Crippen molar-refractivity contribution in [2.24, 2.45) is 28.9 Å². The molecule has 0 saturated heterocycles. The predicted molar refractivity (Wildman–Crippen MR) is 123 cm³/mol. The molecule has 184 valence electrons. The zero-order valence-electron chi connectivity index (χ0n) is 19.8. The van der Waals surface area contributed by atoms with E-state index in [0.29, 0.717) is 12.3 Å². The number of rotatable bonds is 6. The minimum Gasteiger partial charge on any atom is -0.369 e. The summed E-state index contributed by atoms with van der Waals surface area (Å²) in [5.74, 6) is 0.262. The van der Waals surface area contributed by atoms with Gasteiger partial charge in [-0.05, 0) is 88.4 Å². The van der Waals surface area contributed by atoms with Gasteiger partial charge in [0.1, 0.15) is 5.54 Å². The van der Waals surface area contributed by atoms with Crippen LogP contribution in [-0.4, -0.2) is 34.7 Å². The van der Waals surface area contributed by atoms with E-state index in [1.54, 1.807) is 31.3 Å². The van der Waals surface area contributed by atoms with Crippen LogP contribution in [0.3, 0.4) is 0 Å². The molecule has 5 nitrogen and oxygen atoms in total. The molecule has 3 rings (SSSR count). The van der Waals surface area contributed by atoms with Crippen LogP contribution in [0.25, 0.3) is 0 Å². The van der Waals surface area contributed by atoms with Crippen LogP contribution in [0.4, 0.5) is 13.2 Å². The third-order valence-corrected chi connectivity index (χ3v) is 8.86. The summed E-state index contributed by atoms with van der Waals surface area (Å²) in [6, 6.07) is 5.26. The molecule has 0 spiro atoms. The highest BCUT2D eigenvalue weighted by atomic mass is 32.2. The van der Waals surface area contributed by atoms with Crippen molar-refractivity contribution in [3.05, 3.63) is 29.8 Å². The minimum absolute atomic E-state index is 0.0479. The smallest absolute Gasteiger partial charge is 0.369 e. The number of likely N-dealkylation sites (N-methyl/N-ethyl adjacent to an activating group) is 1. The molecule has 0 aliphatic heterocycles. The maximum atomic E-state index is 13.4. The third kappa shape index (κ3) is 5.34. The summed E-state index contributed by atoms with van der Waals surface area (Å²) in [6.07, 6.45) is -1.19. The SMILES string of the molecule is CC1CC2CC(CC(C)(C(N)=O)C2)C1NC(=O)C(C)(C)N(C)Sc1ccccc1C(F)(F)F. The molecule has 2 saturated carbocycles. The fourth-order valence-electron chi connectivity index (χ4n) is 5.46. The van der Waals surface area contributed by atoms with Gasteiger partial charge < -0.3 is 11.1 Å². The molecule has 3 N–H and O–H groups in total. The van der Waals surface area contributed by atoms with Gasteiger partial charge in [-0.3, -0.25) is 9.59 Å².